The molecule has 1 heterocycles. The number of aliphatic carboxylic acids is 1. The number of aryl methyl sites for hydroxylation is 1. The fourth-order valence-electron chi connectivity index (χ4n) is 1.68. The Bertz CT molecular complexity index is 606. The molecule has 18 heavy (non-hydrogen) atoms. The van der Waals surface area contributed by atoms with E-state index in [-0.39, 0.29) is 0 Å². The van der Waals surface area contributed by atoms with Gasteiger partial charge in [0.1, 0.15) is 11.5 Å². The Kier molecular flexibility index (Phi) is 3.33. The second kappa shape index (κ2) is 4.92. The number of furan rings is 1. The van der Waals surface area contributed by atoms with Crippen molar-refractivity contribution in [3.8, 4) is 11.3 Å². The largest absolute Gasteiger partial charge is 0.478 e. The highest BCUT2D eigenvalue weighted by molar-refractivity contribution is 5.91. The summed E-state index contributed by atoms with van der Waals surface area (Å²) in [4.78, 5) is 10.8. The molecular formula is C15H14O3. The molecule has 3 heteroatoms. The molecule has 0 saturated carbocycles. The monoisotopic (exact) mass is 242 g/mol. The van der Waals surface area contributed by atoms with Gasteiger partial charge >= 0.3 is 5.97 Å². The Morgan fingerprint density at radius 2 is 2.06 bits per heavy atom. The zero-order chi connectivity index (χ0) is 13.1. The van der Waals surface area contributed by atoms with Crippen LogP contribution in [0.1, 0.15) is 18.2 Å². The van der Waals surface area contributed by atoms with Crippen LogP contribution in [0.2, 0.25) is 0 Å². The average Bonchev–Trinajstić information content (AvgIpc) is 2.76. The van der Waals surface area contributed by atoms with E-state index >= 15 is 0 Å². The summed E-state index contributed by atoms with van der Waals surface area (Å²) in [5.41, 5.74) is 2.10. The Morgan fingerprint density at radius 3 is 2.67 bits per heavy atom. The van der Waals surface area contributed by atoms with Crippen LogP contribution in [0.4, 0.5) is 0 Å². The van der Waals surface area contributed by atoms with Crippen LogP contribution in [-0.2, 0) is 4.79 Å². The van der Waals surface area contributed by atoms with Gasteiger partial charge in [0, 0.05) is 11.1 Å². The van der Waals surface area contributed by atoms with Gasteiger partial charge in [0.2, 0.25) is 0 Å². The normalized spacial score (nSPS) is 11.6. The summed E-state index contributed by atoms with van der Waals surface area (Å²) in [5.74, 6) is 0.734. The Morgan fingerprint density at radius 1 is 1.28 bits per heavy atom. The van der Waals surface area contributed by atoms with Crippen molar-refractivity contribution < 1.29 is 14.3 Å². The van der Waals surface area contributed by atoms with Crippen LogP contribution in [-0.4, -0.2) is 11.1 Å². The maximum Gasteiger partial charge on any atom is 0.331 e. The number of benzene rings is 1. The first-order chi connectivity index (χ1) is 8.56. The molecule has 1 aromatic carbocycles. The van der Waals surface area contributed by atoms with E-state index in [1.165, 1.54) is 0 Å². The van der Waals surface area contributed by atoms with Crippen molar-refractivity contribution >= 4 is 12.0 Å². The molecule has 0 aliphatic rings. The maximum atomic E-state index is 10.8. The molecule has 0 fully saturated rings. The second-order valence-electron chi connectivity index (χ2n) is 4.17. The molecule has 0 aliphatic carbocycles. The summed E-state index contributed by atoms with van der Waals surface area (Å²) in [6.45, 7) is 3.47. The highest BCUT2D eigenvalue weighted by Gasteiger charge is 2.04. The van der Waals surface area contributed by atoms with Gasteiger partial charge in [-0.25, -0.2) is 4.79 Å². The van der Waals surface area contributed by atoms with E-state index in [4.69, 9.17) is 9.52 Å². The van der Waals surface area contributed by atoms with Gasteiger partial charge in [0.25, 0.3) is 0 Å². The van der Waals surface area contributed by atoms with Crippen LogP contribution in [0.25, 0.3) is 17.4 Å². The molecule has 0 saturated heterocycles. The molecule has 1 aromatic heterocycles. The Labute approximate surface area is 105 Å². The standard InChI is InChI=1S/C15H14O3/c1-10(15(16)17)8-12-4-3-5-13(9-12)14-7-6-11(2)18-14/h3-9H,1-2H3,(H,16,17)/b10-8+. The predicted molar refractivity (Wildman–Crippen MR) is 70.2 cm³/mol. The number of carboxylic acids is 1. The molecule has 0 radical (unpaired) electrons. The van der Waals surface area contributed by atoms with Gasteiger partial charge in [-0.05, 0) is 43.7 Å². The average molecular weight is 242 g/mol. The highest BCUT2D eigenvalue weighted by atomic mass is 16.4. The van der Waals surface area contributed by atoms with Crippen molar-refractivity contribution in [2.45, 2.75) is 13.8 Å². The number of hydrogen-bond acceptors (Lipinski definition) is 2. The van der Waals surface area contributed by atoms with Crippen LogP contribution in [0.5, 0.6) is 0 Å². The molecule has 2 rings (SSSR count). The predicted octanol–water partition coefficient (Wildman–Crippen LogP) is 3.74. The molecule has 0 spiro atoms. The van der Waals surface area contributed by atoms with Crippen LogP contribution >= 0.6 is 0 Å². The zero-order valence-corrected chi connectivity index (χ0v) is 10.3. The van der Waals surface area contributed by atoms with Crippen molar-refractivity contribution in [1.82, 2.24) is 0 Å². The topological polar surface area (TPSA) is 50.4 Å². The minimum absolute atomic E-state index is 0.308. The summed E-state index contributed by atoms with van der Waals surface area (Å²) >= 11 is 0. The van der Waals surface area contributed by atoms with Crippen LogP contribution in [0, 0.1) is 6.92 Å². The molecule has 0 bridgehead atoms. The van der Waals surface area contributed by atoms with Gasteiger partial charge in [0.05, 0.1) is 0 Å². The van der Waals surface area contributed by atoms with Gasteiger partial charge in [-0.1, -0.05) is 18.2 Å². The third-order valence-electron chi connectivity index (χ3n) is 2.63. The SMILES string of the molecule is C/C(=C\c1cccc(-c2ccc(C)o2)c1)C(=O)O. The van der Waals surface area contributed by atoms with Gasteiger partial charge in [0.15, 0.2) is 0 Å². The molecule has 1 N–H and O–H groups in total. The summed E-state index contributed by atoms with van der Waals surface area (Å²) < 4.78 is 5.54. The van der Waals surface area contributed by atoms with E-state index in [9.17, 15) is 4.79 Å². The van der Waals surface area contributed by atoms with E-state index in [0.29, 0.717) is 5.57 Å². The van der Waals surface area contributed by atoms with E-state index < -0.39 is 5.97 Å². The van der Waals surface area contributed by atoms with E-state index in [2.05, 4.69) is 0 Å². The molecule has 2 aromatic rings. The van der Waals surface area contributed by atoms with Crippen molar-refractivity contribution in [1.29, 1.82) is 0 Å². The fraction of sp³-hybridized carbons (Fsp3) is 0.133. The molecule has 92 valence electrons. The Balaban J connectivity index is 2.37. The van der Waals surface area contributed by atoms with Crippen molar-refractivity contribution in [3.63, 3.8) is 0 Å². The summed E-state index contributed by atoms with van der Waals surface area (Å²) in [5, 5.41) is 8.85. The third-order valence-corrected chi connectivity index (χ3v) is 2.63. The van der Waals surface area contributed by atoms with E-state index in [1.807, 2.05) is 43.3 Å². The van der Waals surface area contributed by atoms with Gasteiger partial charge in [-0.2, -0.15) is 0 Å². The lowest BCUT2D eigenvalue weighted by Crippen LogP contribution is -1.95. The summed E-state index contributed by atoms with van der Waals surface area (Å²) in [7, 11) is 0. The lowest BCUT2D eigenvalue weighted by atomic mass is 10.1. The lowest BCUT2D eigenvalue weighted by Gasteiger charge is -2.00. The molecule has 3 nitrogen and oxygen atoms in total. The number of hydrogen-bond donors (Lipinski definition) is 1. The zero-order valence-electron chi connectivity index (χ0n) is 10.3. The molecule has 0 amide bonds. The first-order valence-electron chi connectivity index (χ1n) is 5.65. The molecular weight excluding hydrogens is 228 g/mol. The summed E-state index contributed by atoms with van der Waals surface area (Å²) in [6.07, 6.45) is 1.64. The number of carboxylic acid groups (broad SMARTS) is 1. The number of rotatable bonds is 3. The van der Waals surface area contributed by atoms with Crippen LogP contribution in [0.3, 0.4) is 0 Å². The van der Waals surface area contributed by atoms with E-state index in [0.717, 1.165) is 22.6 Å². The lowest BCUT2D eigenvalue weighted by molar-refractivity contribution is -0.132. The minimum Gasteiger partial charge on any atom is -0.478 e. The molecule has 0 aliphatic heterocycles. The van der Waals surface area contributed by atoms with Gasteiger partial charge in [-0.3, -0.25) is 0 Å². The second-order valence-corrected chi connectivity index (χ2v) is 4.17. The first kappa shape index (κ1) is 12.2. The van der Waals surface area contributed by atoms with Crippen molar-refractivity contribution in [2.75, 3.05) is 0 Å². The van der Waals surface area contributed by atoms with Crippen LogP contribution < -0.4 is 0 Å². The fourth-order valence-corrected chi connectivity index (χ4v) is 1.68. The highest BCUT2D eigenvalue weighted by Crippen LogP contribution is 2.23. The van der Waals surface area contributed by atoms with Crippen molar-refractivity contribution in [2.24, 2.45) is 0 Å². The van der Waals surface area contributed by atoms with Crippen LogP contribution in [0.15, 0.2) is 46.4 Å². The smallest absolute Gasteiger partial charge is 0.331 e. The summed E-state index contributed by atoms with van der Waals surface area (Å²) in [6, 6.07) is 11.4. The minimum atomic E-state index is -0.908. The van der Waals surface area contributed by atoms with Gasteiger partial charge in [-0.15, -0.1) is 0 Å². The Hall–Kier alpha value is -2.29. The quantitative estimate of drug-likeness (QED) is 0.834. The number of carbonyl (C=O) groups is 1. The van der Waals surface area contributed by atoms with Crippen molar-refractivity contribution in [3.05, 3.63) is 53.3 Å². The molecule has 0 unspecified atom stereocenters. The first-order valence-corrected chi connectivity index (χ1v) is 5.65. The van der Waals surface area contributed by atoms with E-state index in [1.54, 1.807) is 13.0 Å². The maximum absolute atomic E-state index is 10.8. The molecule has 0 atom stereocenters. The third kappa shape index (κ3) is 2.69. The van der Waals surface area contributed by atoms with Gasteiger partial charge < -0.3 is 9.52 Å².